The minimum Gasteiger partial charge on any atom is -0.507 e. The summed E-state index contributed by atoms with van der Waals surface area (Å²) in [4.78, 5) is 55.4. The number of allylic oxidation sites excluding steroid dienone is 1. The average Bonchev–Trinajstić information content (AvgIpc) is 2.86. The van der Waals surface area contributed by atoms with E-state index < -0.39 is 51.4 Å². The Balaban J connectivity index is 1.70. The summed E-state index contributed by atoms with van der Waals surface area (Å²) in [5.74, 6) is -5.15. The number of Topliss-reactive ketones (excluding diaryl/α,β-unsaturated/α-hetero) is 4. The Hall–Kier alpha value is -3.38. The second-order valence-corrected chi connectivity index (χ2v) is 14.2. The molecule has 5 atom stereocenters. The molecule has 0 radical (unpaired) electrons. The van der Waals surface area contributed by atoms with Gasteiger partial charge < -0.3 is 10.2 Å². The molecule has 2 aromatic carbocycles. The molecule has 0 bridgehead atoms. The van der Waals surface area contributed by atoms with E-state index in [1.807, 2.05) is 39.0 Å². The number of phenolic OH excluding ortho intramolecular Hbond substituents is 1. The standard InChI is InChI=1S/C36H42O6/c1-18(2)15-22-9-11-23(12-10-22)24-13-14-26(38)28-25(24)16-34(7)17-35(8)29(19(3)4)20(5)27(21(6)37)32(40)36(35,42)33(41)30(34)31(28)39/h9-14,18-19,27,30,38,42H,15-17H2,1-8H3/t27?,30?,34-,35-,36+/m0/s1. The third-order valence-electron chi connectivity index (χ3n) is 10.2. The highest BCUT2D eigenvalue weighted by atomic mass is 16.3. The van der Waals surface area contributed by atoms with E-state index in [0.717, 1.165) is 23.1 Å². The molecule has 2 aromatic rings. The van der Waals surface area contributed by atoms with Crippen molar-refractivity contribution in [2.45, 2.75) is 80.3 Å². The molecule has 0 amide bonds. The first-order valence-corrected chi connectivity index (χ1v) is 15.0. The van der Waals surface area contributed by atoms with Gasteiger partial charge in [0.25, 0.3) is 0 Å². The molecule has 6 nitrogen and oxygen atoms in total. The van der Waals surface area contributed by atoms with Crippen molar-refractivity contribution in [1.82, 2.24) is 0 Å². The molecule has 0 saturated heterocycles. The van der Waals surface area contributed by atoms with Crippen molar-refractivity contribution in [3.8, 4) is 16.9 Å². The zero-order valence-corrected chi connectivity index (χ0v) is 25.9. The summed E-state index contributed by atoms with van der Waals surface area (Å²) in [6.45, 7) is 14.9. The van der Waals surface area contributed by atoms with Gasteiger partial charge in [0.2, 0.25) is 0 Å². The smallest absolute Gasteiger partial charge is 0.192 e. The Morgan fingerprint density at radius 2 is 1.60 bits per heavy atom. The van der Waals surface area contributed by atoms with Crippen molar-refractivity contribution in [1.29, 1.82) is 0 Å². The van der Waals surface area contributed by atoms with Crippen LogP contribution in [0.25, 0.3) is 11.1 Å². The van der Waals surface area contributed by atoms with Gasteiger partial charge in [-0.3, -0.25) is 19.2 Å². The van der Waals surface area contributed by atoms with Gasteiger partial charge in [-0.15, -0.1) is 0 Å². The molecular formula is C36H42O6. The van der Waals surface area contributed by atoms with Crippen molar-refractivity contribution < 1.29 is 29.4 Å². The zero-order valence-electron chi connectivity index (χ0n) is 25.9. The fourth-order valence-electron chi connectivity index (χ4n) is 8.90. The second-order valence-electron chi connectivity index (χ2n) is 14.2. The number of phenols is 1. The lowest BCUT2D eigenvalue weighted by atomic mass is 9.41. The molecule has 0 spiro atoms. The van der Waals surface area contributed by atoms with E-state index >= 15 is 0 Å². The lowest BCUT2D eigenvalue weighted by Crippen LogP contribution is -2.73. The van der Waals surface area contributed by atoms with Crippen LogP contribution in [0.2, 0.25) is 0 Å². The molecule has 0 heterocycles. The Kier molecular flexibility index (Phi) is 7.05. The molecule has 42 heavy (non-hydrogen) atoms. The molecule has 1 saturated carbocycles. The molecular weight excluding hydrogens is 528 g/mol. The number of fused-ring (bicyclic) bond motifs is 3. The minimum atomic E-state index is -2.53. The van der Waals surface area contributed by atoms with Crippen molar-refractivity contribution in [3.63, 3.8) is 0 Å². The first-order valence-electron chi connectivity index (χ1n) is 15.0. The van der Waals surface area contributed by atoms with Crippen molar-refractivity contribution in [2.75, 3.05) is 0 Å². The summed E-state index contributed by atoms with van der Waals surface area (Å²) in [5.41, 5.74) is 0.238. The van der Waals surface area contributed by atoms with Crippen LogP contribution in [0, 0.1) is 34.5 Å². The molecule has 222 valence electrons. The van der Waals surface area contributed by atoms with Crippen LogP contribution in [0.3, 0.4) is 0 Å². The molecule has 5 rings (SSSR count). The predicted octanol–water partition coefficient (Wildman–Crippen LogP) is 6.09. The number of ketones is 4. The molecule has 0 aliphatic heterocycles. The fraction of sp³-hybridized carbons (Fsp3) is 0.500. The van der Waals surface area contributed by atoms with Gasteiger partial charge in [0.05, 0.1) is 11.5 Å². The van der Waals surface area contributed by atoms with Crippen LogP contribution in [0.1, 0.15) is 83.3 Å². The number of benzene rings is 2. The van der Waals surface area contributed by atoms with Gasteiger partial charge in [0.15, 0.2) is 23.0 Å². The van der Waals surface area contributed by atoms with Crippen molar-refractivity contribution in [3.05, 3.63) is 64.2 Å². The number of aromatic hydroxyl groups is 1. The summed E-state index contributed by atoms with van der Waals surface area (Å²) in [6.07, 6.45) is 1.45. The normalized spacial score (nSPS) is 30.9. The molecule has 3 aliphatic carbocycles. The Morgan fingerprint density at radius 3 is 2.14 bits per heavy atom. The maximum absolute atomic E-state index is 14.5. The lowest BCUT2D eigenvalue weighted by molar-refractivity contribution is -0.183. The number of rotatable bonds is 5. The van der Waals surface area contributed by atoms with Crippen LogP contribution in [-0.4, -0.2) is 38.9 Å². The number of carbonyl (C=O) groups is 4. The SMILES string of the molecule is CC(=O)C1C(=O)[C@@]2(O)C(=O)C3C(=O)c4c(O)ccc(-c5ccc(CC(C)C)cc5)c4C[C@@]3(C)C[C@@]2(C)C(C(C)C)=C1C. The molecule has 2 N–H and O–H groups in total. The largest absolute Gasteiger partial charge is 0.507 e. The van der Waals surface area contributed by atoms with E-state index in [1.54, 1.807) is 13.8 Å². The van der Waals surface area contributed by atoms with E-state index in [-0.39, 0.29) is 23.7 Å². The van der Waals surface area contributed by atoms with Gasteiger partial charge in [-0.2, -0.15) is 0 Å². The third kappa shape index (κ3) is 4.01. The molecule has 2 unspecified atom stereocenters. The molecule has 0 aromatic heterocycles. The first-order chi connectivity index (χ1) is 19.5. The first kappa shape index (κ1) is 30.1. The second kappa shape index (κ2) is 9.84. The fourth-order valence-corrected chi connectivity index (χ4v) is 8.90. The van der Waals surface area contributed by atoms with Gasteiger partial charge in [0, 0.05) is 5.41 Å². The summed E-state index contributed by atoms with van der Waals surface area (Å²) in [6, 6.07) is 11.5. The van der Waals surface area contributed by atoms with Crippen LogP contribution < -0.4 is 0 Å². The van der Waals surface area contributed by atoms with E-state index in [0.29, 0.717) is 23.5 Å². The maximum atomic E-state index is 14.5. The van der Waals surface area contributed by atoms with Crippen LogP contribution in [0.5, 0.6) is 5.75 Å². The quantitative estimate of drug-likeness (QED) is 0.333. The topological polar surface area (TPSA) is 109 Å². The van der Waals surface area contributed by atoms with Crippen LogP contribution in [0.15, 0.2) is 47.5 Å². The monoisotopic (exact) mass is 570 g/mol. The minimum absolute atomic E-state index is 0.0731. The summed E-state index contributed by atoms with van der Waals surface area (Å²) < 4.78 is 0. The molecule has 3 aliphatic rings. The van der Waals surface area contributed by atoms with Crippen molar-refractivity contribution >= 4 is 23.1 Å². The zero-order chi connectivity index (χ0) is 31.1. The average molecular weight is 571 g/mol. The summed E-state index contributed by atoms with van der Waals surface area (Å²) >= 11 is 0. The van der Waals surface area contributed by atoms with Gasteiger partial charge in [-0.1, -0.05) is 83.0 Å². The maximum Gasteiger partial charge on any atom is 0.192 e. The van der Waals surface area contributed by atoms with Crippen LogP contribution in [0.4, 0.5) is 0 Å². The van der Waals surface area contributed by atoms with E-state index in [9.17, 15) is 29.4 Å². The van der Waals surface area contributed by atoms with Crippen molar-refractivity contribution in [2.24, 2.45) is 34.5 Å². The molecule has 6 heteroatoms. The number of aliphatic hydroxyl groups is 1. The highest BCUT2D eigenvalue weighted by Gasteiger charge is 2.73. The van der Waals surface area contributed by atoms with E-state index in [2.05, 4.69) is 26.0 Å². The van der Waals surface area contributed by atoms with Gasteiger partial charge in [-0.05, 0) is 78.7 Å². The highest BCUT2D eigenvalue weighted by Crippen LogP contribution is 2.64. The number of hydrogen-bond acceptors (Lipinski definition) is 6. The van der Waals surface area contributed by atoms with Gasteiger partial charge >= 0.3 is 0 Å². The summed E-state index contributed by atoms with van der Waals surface area (Å²) in [7, 11) is 0. The highest BCUT2D eigenvalue weighted by molar-refractivity contribution is 6.27. The van der Waals surface area contributed by atoms with Gasteiger partial charge in [-0.25, -0.2) is 0 Å². The number of hydrogen-bond donors (Lipinski definition) is 2. The summed E-state index contributed by atoms with van der Waals surface area (Å²) in [5, 5.41) is 23.2. The predicted molar refractivity (Wildman–Crippen MR) is 161 cm³/mol. The van der Waals surface area contributed by atoms with Crippen LogP contribution >= 0.6 is 0 Å². The lowest BCUT2D eigenvalue weighted by Gasteiger charge is -2.60. The Morgan fingerprint density at radius 1 is 0.976 bits per heavy atom. The Labute approximate surface area is 248 Å². The molecule has 1 fully saturated rings. The number of carbonyl (C=O) groups excluding carboxylic acids is 4. The van der Waals surface area contributed by atoms with Crippen LogP contribution in [-0.2, 0) is 27.2 Å². The Bertz CT molecular complexity index is 1560. The third-order valence-corrected chi connectivity index (χ3v) is 10.2. The van der Waals surface area contributed by atoms with E-state index in [1.165, 1.54) is 18.6 Å². The van der Waals surface area contributed by atoms with Gasteiger partial charge in [0.1, 0.15) is 17.5 Å². The van der Waals surface area contributed by atoms with E-state index in [4.69, 9.17) is 0 Å².